The van der Waals surface area contributed by atoms with Gasteiger partial charge in [0, 0.05) is 23.1 Å². The smallest absolute Gasteiger partial charge is 0.334 e. The molecule has 5 heteroatoms. The van der Waals surface area contributed by atoms with Crippen LogP contribution in [-0.4, -0.2) is 23.1 Å². The van der Waals surface area contributed by atoms with Crippen molar-refractivity contribution in [1.29, 1.82) is 0 Å². The third kappa shape index (κ3) is 32.0. The molecule has 0 amide bonds. The minimum absolute atomic E-state index is 0. The van der Waals surface area contributed by atoms with E-state index in [1.807, 2.05) is 0 Å². The molecule has 0 aliphatic heterocycles. The minimum atomic E-state index is -0.187. The van der Waals surface area contributed by atoms with Crippen LogP contribution in [0, 0.1) is 12.8 Å². The van der Waals surface area contributed by atoms with Crippen molar-refractivity contribution in [3.8, 4) is 0 Å². The summed E-state index contributed by atoms with van der Waals surface area (Å²) in [6.45, 7) is 5.39. The van der Waals surface area contributed by atoms with Crippen LogP contribution in [0.4, 0.5) is 0 Å². The summed E-state index contributed by atoms with van der Waals surface area (Å²) in [5.41, 5.74) is 0. The van der Waals surface area contributed by atoms with Crippen LogP contribution in [0.15, 0.2) is 0 Å². The van der Waals surface area contributed by atoms with Crippen molar-refractivity contribution in [2.75, 3.05) is 0 Å². The molecular weight excluding hydrogens is 379 g/mol. The number of Topliss-reactive ketones (excluding diaryl/α,β-unsaturated/α-hetero) is 4. The summed E-state index contributed by atoms with van der Waals surface area (Å²) in [4.78, 5) is 39.9. The fourth-order valence-electron chi connectivity index (χ4n) is 0.572. The fourth-order valence-corrected chi connectivity index (χ4v) is 0.572. The molecule has 0 aromatic heterocycles. The maximum atomic E-state index is 9.98. The zero-order valence-electron chi connectivity index (χ0n) is 9.10. The van der Waals surface area contributed by atoms with Gasteiger partial charge in [-0.15, -0.1) is 0 Å². The molecule has 0 bridgehead atoms. The molecule has 0 unspecified atom stereocenters. The van der Waals surface area contributed by atoms with Crippen LogP contribution in [-0.2, 0) is 40.2 Å². The monoisotopic (exact) mass is 393 g/mol. The van der Waals surface area contributed by atoms with E-state index in [2.05, 4.69) is 0 Å². The average molecular weight is 393 g/mol. The molecule has 0 saturated heterocycles. The van der Waals surface area contributed by atoms with Crippen molar-refractivity contribution >= 4 is 23.1 Å². The minimum Gasteiger partial charge on any atom is -0.334 e. The molecule has 0 aliphatic carbocycles. The van der Waals surface area contributed by atoms with Crippen molar-refractivity contribution in [2.45, 2.75) is 27.7 Å². The Hall–Kier alpha value is -0.892. The first-order valence-electron chi connectivity index (χ1n) is 3.97. The molecule has 0 aliphatic rings. The van der Waals surface area contributed by atoms with Crippen molar-refractivity contribution in [2.24, 2.45) is 0 Å². The van der Waals surface area contributed by atoms with Crippen molar-refractivity contribution in [3.63, 3.8) is 0 Å². The Bertz CT molecular complexity index is 196. The summed E-state index contributed by atoms with van der Waals surface area (Å²) < 4.78 is 0. The molecular formula is C10H14O4Pt. The predicted molar refractivity (Wildman–Crippen MR) is 51.3 cm³/mol. The molecule has 88 valence electrons. The normalized spacial score (nSPS) is 7.20. The third-order valence-electron chi connectivity index (χ3n) is 0.813. The van der Waals surface area contributed by atoms with Crippen LogP contribution < -0.4 is 0 Å². The molecule has 0 N–H and O–H groups in total. The molecule has 0 atom stereocenters. The van der Waals surface area contributed by atoms with Crippen LogP contribution in [0.3, 0.4) is 0 Å². The molecule has 0 aromatic rings. The Morgan fingerprint density at radius 3 is 0.733 bits per heavy atom. The van der Waals surface area contributed by atoms with Crippen molar-refractivity contribution in [3.05, 3.63) is 12.8 Å². The number of carbonyl (C=O) groups excluding carboxylic acids is 4. The van der Waals surface area contributed by atoms with Gasteiger partial charge in [-0.05, 0) is 27.7 Å². The summed E-state index contributed by atoms with van der Waals surface area (Å²) in [6.07, 6.45) is 2.11. The van der Waals surface area contributed by atoms with Gasteiger partial charge in [0.05, 0.1) is 0 Å². The Morgan fingerprint density at radius 2 is 0.733 bits per heavy atom. The molecule has 0 rings (SSSR count). The Labute approximate surface area is 104 Å². The summed E-state index contributed by atoms with van der Waals surface area (Å²) in [5, 5.41) is 0. The number of hydrogen-bond donors (Lipinski definition) is 0. The number of carbonyl (C=O) groups is 4. The quantitative estimate of drug-likeness (QED) is 0.522. The van der Waals surface area contributed by atoms with Gasteiger partial charge >= 0.3 is 21.1 Å². The summed E-state index contributed by atoms with van der Waals surface area (Å²) in [7, 11) is 0. The SMILES string of the molecule is CC(=O)[CH-]C(C)=O.CC(=O)[CH-]C(C)=O.[Pt+2]. The largest absolute Gasteiger partial charge is 2.00 e. The maximum Gasteiger partial charge on any atom is 2.00 e. The molecule has 15 heavy (non-hydrogen) atoms. The van der Waals surface area contributed by atoms with Crippen LogP contribution in [0.1, 0.15) is 27.7 Å². The second-order valence-electron chi connectivity index (χ2n) is 2.73. The van der Waals surface area contributed by atoms with E-state index in [0.717, 1.165) is 12.8 Å². The van der Waals surface area contributed by atoms with Gasteiger partial charge in [-0.1, -0.05) is 0 Å². The molecule has 0 spiro atoms. The molecule has 0 saturated carbocycles. The van der Waals surface area contributed by atoms with Gasteiger partial charge in [-0.3, -0.25) is 12.8 Å². The van der Waals surface area contributed by atoms with E-state index in [9.17, 15) is 19.2 Å². The summed E-state index contributed by atoms with van der Waals surface area (Å²) >= 11 is 0. The number of hydrogen-bond acceptors (Lipinski definition) is 4. The van der Waals surface area contributed by atoms with Gasteiger partial charge in [0.25, 0.3) is 0 Å². The topological polar surface area (TPSA) is 68.3 Å². The zero-order valence-corrected chi connectivity index (χ0v) is 11.4. The van der Waals surface area contributed by atoms with Gasteiger partial charge in [-0.2, -0.15) is 0 Å². The van der Waals surface area contributed by atoms with Crippen LogP contribution >= 0.6 is 0 Å². The third-order valence-corrected chi connectivity index (χ3v) is 0.813. The van der Waals surface area contributed by atoms with E-state index in [4.69, 9.17) is 0 Å². The van der Waals surface area contributed by atoms with Gasteiger partial charge in [0.15, 0.2) is 0 Å². The fraction of sp³-hybridized carbons (Fsp3) is 0.400. The second kappa shape index (κ2) is 11.2. The first-order chi connectivity index (χ1) is 6.25. The van der Waals surface area contributed by atoms with Crippen molar-refractivity contribution in [1.82, 2.24) is 0 Å². The zero-order chi connectivity index (χ0) is 11.7. The Balaban J connectivity index is -0.000000180. The van der Waals surface area contributed by atoms with Crippen LogP contribution in [0.5, 0.6) is 0 Å². The number of rotatable bonds is 4. The molecule has 4 nitrogen and oxygen atoms in total. The first kappa shape index (κ1) is 19.6. The van der Waals surface area contributed by atoms with E-state index in [1.165, 1.54) is 27.7 Å². The van der Waals surface area contributed by atoms with E-state index in [0.29, 0.717) is 0 Å². The van der Waals surface area contributed by atoms with E-state index in [-0.39, 0.29) is 44.2 Å². The Kier molecular flexibility index (Phi) is 14.6. The second-order valence-corrected chi connectivity index (χ2v) is 2.73. The van der Waals surface area contributed by atoms with Crippen LogP contribution in [0.2, 0.25) is 0 Å². The summed E-state index contributed by atoms with van der Waals surface area (Å²) in [5.74, 6) is -0.750. The van der Waals surface area contributed by atoms with Gasteiger partial charge in [-0.25, -0.2) is 0 Å². The Morgan fingerprint density at radius 1 is 0.600 bits per heavy atom. The molecule has 0 heterocycles. The van der Waals surface area contributed by atoms with Gasteiger partial charge < -0.3 is 19.2 Å². The van der Waals surface area contributed by atoms with Crippen LogP contribution in [0.25, 0.3) is 0 Å². The molecule has 0 radical (unpaired) electrons. The van der Waals surface area contributed by atoms with E-state index in [1.54, 1.807) is 0 Å². The van der Waals surface area contributed by atoms with Gasteiger partial charge in [0.1, 0.15) is 0 Å². The average Bonchev–Trinajstić information content (AvgIpc) is 1.79. The van der Waals surface area contributed by atoms with E-state index >= 15 is 0 Å². The maximum absolute atomic E-state index is 9.98. The van der Waals surface area contributed by atoms with E-state index < -0.39 is 0 Å². The summed E-state index contributed by atoms with van der Waals surface area (Å²) in [6, 6.07) is 0. The molecule has 0 fully saturated rings. The first-order valence-corrected chi connectivity index (χ1v) is 3.97. The van der Waals surface area contributed by atoms with Crippen molar-refractivity contribution < 1.29 is 40.2 Å². The molecule has 0 aromatic carbocycles. The number of ketones is 4. The predicted octanol–water partition coefficient (Wildman–Crippen LogP) is 0.735. The standard InChI is InChI=1S/2C5H7O2.Pt/c2*1-4(6)3-5(2)7;/h2*3H,1-2H3;/q2*-1;+2. The van der Waals surface area contributed by atoms with Gasteiger partial charge in [0.2, 0.25) is 0 Å².